The second-order valence-corrected chi connectivity index (χ2v) is 11.4. The molecule has 5 saturated carbocycles. The molecule has 0 amide bonds. The van der Waals surface area contributed by atoms with E-state index in [1.165, 1.54) is 38.5 Å². The largest absolute Gasteiger partial charge is 0.396 e. The molecule has 25 heavy (non-hydrogen) atoms. The van der Waals surface area contributed by atoms with Crippen molar-refractivity contribution in [2.24, 2.45) is 52.3 Å². The van der Waals surface area contributed by atoms with Crippen LogP contribution in [0, 0.1) is 52.3 Å². The summed E-state index contributed by atoms with van der Waals surface area (Å²) in [6.07, 6.45) is 17.7. The van der Waals surface area contributed by atoms with E-state index < -0.39 is 0 Å². The second kappa shape index (κ2) is 5.98. The molecular weight excluding hydrogens is 304 g/mol. The van der Waals surface area contributed by atoms with Crippen LogP contribution in [-0.2, 0) is 0 Å². The standard InChI is InChI=1S/C24H40O/c1-23-13-10-22-20(21(23)8-6-18(23)11-14-25)7-5-19-15-17(16-3-4-16)9-12-24(19,22)2/h16-22,25H,3-15H2,1-2H3/t17?,18?,19?,20-,21?,22?,23?,24-/m0/s1. The quantitative estimate of drug-likeness (QED) is 0.660. The minimum atomic E-state index is 0.406. The maximum atomic E-state index is 9.53. The fourth-order valence-corrected chi connectivity index (χ4v) is 9.03. The van der Waals surface area contributed by atoms with Gasteiger partial charge in [0.05, 0.1) is 0 Å². The Morgan fingerprint density at radius 1 is 0.760 bits per heavy atom. The highest BCUT2D eigenvalue weighted by atomic mass is 16.3. The van der Waals surface area contributed by atoms with Gasteiger partial charge < -0.3 is 5.11 Å². The number of aliphatic hydroxyl groups is 1. The van der Waals surface area contributed by atoms with Gasteiger partial charge in [0.15, 0.2) is 0 Å². The van der Waals surface area contributed by atoms with Crippen LogP contribution in [0.25, 0.3) is 0 Å². The van der Waals surface area contributed by atoms with E-state index in [4.69, 9.17) is 0 Å². The minimum absolute atomic E-state index is 0.406. The topological polar surface area (TPSA) is 20.2 Å². The predicted octanol–water partition coefficient (Wildman–Crippen LogP) is 6.05. The summed E-state index contributed by atoms with van der Waals surface area (Å²) in [5.41, 5.74) is 1.23. The Morgan fingerprint density at radius 3 is 2.28 bits per heavy atom. The Kier molecular flexibility index (Phi) is 4.09. The summed E-state index contributed by atoms with van der Waals surface area (Å²) in [4.78, 5) is 0. The predicted molar refractivity (Wildman–Crippen MR) is 103 cm³/mol. The molecule has 1 N–H and O–H groups in total. The molecule has 6 unspecified atom stereocenters. The fourth-order valence-electron chi connectivity index (χ4n) is 9.03. The zero-order valence-corrected chi connectivity index (χ0v) is 16.7. The van der Waals surface area contributed by atoms with Crippen LogP contribution in [0.2, 0.25) is 0 Å². The van der Waals surface area contributed by atoms with Crippen LogP contribution in [0.1, 0.15) is 90.9 Å². The van der Waals surface area contributed by atoms with Crippen LogP contribution in [0.4, 0.5) is 0 Å². The van der Waals surface area contributed by atoms with Gasteiger partial charge in [-0.25, -0.2) is 0 Å². The Labute approximate surface area is 155 Å². The van der Waals surface area contributed by atoms with Gasteiger partial charge in [-0.3, -0.25) is 0 Å². The van der Waals surface area contributed by atoms with Gasteiger partial charge in [-0.15, -0.1) is 0 Å². The monoisotopic (exact) mass is 344 g/mol. The van der Waals surface area contributed by atoms with Gasteiger partial charge in [-0.2, -0.15) is 0 Å². The number of hydrogen-bond donors (Lipinski definition) is 1. The van der Waals surface area contributed by atoms with Crippen molar-refractivity contribution < 1.29 is 5.11 Å². The molecule has 1 nitrogen and oxygen atoms in total. The van der Waals surface area contributed by atoms with Gasteiger partial charge in [0.1, 0.15) is 0 Å². The molecule has 0 aromatic heterocycles. The first kappa shape index (κ1) is 17.1. The van der Waals surface area contributed by atoms with Gasteiger partial charge in [0, 0.05) is 6.61 Å². The van der Waals surface area contributed by atoms with Crippen molar-refractivity contribution in [3.05, 3.63) is 0 Å². The molecule has 0 aromatic carbocycles. The second-order valence-electron chi connectivity index (χ2n) is 11.4. The van der Waals surface area contributed by atoms with E-state index in [0.717, 1.165) is 47.8 Å². The molecule has 142 valence electrons. The SMILES string of the molecule is CC12CCC3[C@@H](CCC4CC(C5CC5)CC[C@@]43C)C1CCC2CCO. The lowest BCUT2D eigenvalue weighted by Gasteiger charge is -2.61. The molecule has 5 rings (SSSR count). The smallest absolute Gasteiger partial charge is 0.0433 e. The number of rotatable bonds is 3. The van der Waals surface area contributed by atoms with Gasteiger partial charge in [0.2, 0.25) is 0 Å². The van der Waals surface area contributed by atoms with Crippen LogP contribution >= 0.6 is 0 Å². The molecule has 5 fully saturated rings. The molecule has 5 aliphatic carbocycles. The number of aliphatic hydroxyl groups excluding tert-OH is 1. The third-order valence-electron chi connectivity index (χ3n) is 10.7. The Balaban J connectivity index is 1.36. The van der Waals surface area contributed by atoms with Crippen LogP contribution in [0.15, 0.2) is 0 Å². The number of hydrogen-bond acceptors (Lipinski definition) is 1. The van der Waals surface area contributed by atoms with E-state index in [0.29, 0.717) is 17.4 Å². The van der Waals surface area contributed by atoms with Crippen molar-refractivity contribution in [1.29, 1.82) is 0 Å². The van der Waals surface area contributed by atoms with Crippen LogP contribution in [-0.4, -0.2) is 11.7 Å². The van der Waals surface area contributed by atoms with Gasteiger partial charge >= 0.3 is 0 Å². The van der Waals surface area contributed by atoms with Crippen molar-refractivity contribution in [1.82, 2.24) is 0 Å². The average Bonchev–Trinajstić information content (AvgIpc) is 3.39. The molecule has 0 saturated heterocycles. The highest BCUT2D eigenvalue weighted by Crippen LogP contribution is 2.68. The normalized spacial score (nSPS) is 55.3. The van der Waals surface area contributed by atoms with E-state index in [2.05, 4.69) is 13.8 Å². The van der Waals surface area contributed by atoms with E-state index in [1.807, 2.05) is 0 Å². The maximum absolute atomic E-state index is 9.53. The molecule has 5 aliphatic rings. The van der Waals surface area contributed by atoms with Crippen LogP contribution in [0.5, 0.6) is 0 Å². The van der Waals surface area contributed by atoms with E-state index in [-0.39, 0.29) is 0 Å². The third kappa shape index (κ3) is 2.50. The van der Waals surface area contributed by atoms with Crippen molar-refractivity contribution in [2.75, 3.05) is 6.61 Å². The summed E-state index contributed by atoms with van der Waals surface area (Å²) >= 11 is 0. The van der Waals surface area contributed by atoms with E-state index in [9.17, 15) is 5.11 Å². The first-order valence-electron chi connectivity index (χ1n) is 11.7. The zero-order valence-electron chi connectivity index (χ0n) is 16.7. The van der Waals surface area contributed by atoms with Crippen molar-refractivity contribution in [2.45, 2.75) is 90.9 Å². The minimum Gasteiger partial charge on any atom is -0.396 e. The van der Waals surface area contributed by atoms with Gasteiger partial charge in [-0.1, -0.05) is 13.8 Å². The molecule has 8 atom stereocenters. The van der Waals surface area contributed by atoms with E-state index >= 15 is 0 Å². The summed E-state index contributed by atoms with van der Waals surface area (Å²) in [5, 5.41) is 9.53. The summed E-state index contributed by atoms with van der Waals surface area (Å²) in [7, 11) is 0. The average molecular weight is 345 g/mol. The van der Waals surface area contributed by atoms with Crippen LogP contribution in [0.3, 0.4) is 0 Å². The number of fused-ring (bicyclic) bond motifs is 5. The van der Waals surface area contributed by atoms with E-state index in [1.54, 1.807) is 32.1 Å². The highest BCUT2D eigenvalue weighted by molar-refractivity contribution is 5.09. The first-order valence-corrected chi connectivity index (χ1v) is 11.7. The van der Waals surface area contributed by atoms with Crippen molar-refractivity contribution >= 4 is 0 Å². The van der Waals surface area contributed by atoms with Crippen molar-refractivity contribution in [3.63, 3.8) is 0 Å². The lowest BCUT2D eigenvalue weighted by atomic mass is 9.44. The molecular formula is C24H40O. The van der Waals surface area contributed by atoms with Crippen LogP contribution < -0.4 is 0 Å². The molecule has 0 spiro atoms. The first-order chi connectivity index (χ1) is 12.1. The Hall–Kier alpha value is -0.0400. The highest BCUT2D eigenvalue weighted by Gasteiger charge is 2.60. The Morgan fingerprint density at radius 2 is 1.52 bits per heavy atom. The Bertz CT molecular complexity index is 510. The van der Waals surface area contributed by atoms with Gasteiger partial charge in [-0.05, 0) is 129 Å². The summed E-state index contributed by atoms with van der Waals surface area (Å²) in [5.74, 6) is 7.10. The zero-order chi connectivity index (χ0) is 17.2. The fraction of sp³-hybridized carbons (Fsp3) is 1.00. The summed E-state index contributed by atoms with van der Waals surface area (Å²) in [6, 6.07) is 0. The lowest BCUT2D eigenvalue weighted by molar-refractivity contribution is -0.120. The molecule has 0 aliphatic heterocycles. The van der Waals surface area contributed by atoms with Gasteiger partial charge in [0.25, 0.3) is 0 Å². The maximum Gasteiger partial charge on any atom is 0.0433 e. The molecule has 0 aromatic rings. The molecule has 1 heteroatoms. The molecule has 0 bridgehead atoms. The lowest BCUT2D eigenvalue weighted by Crippen LogP contribution is -2.53. The summed E-state index contributed by atoms with van der Waals surface area (Å²) < 4.78 is 0. The summed E-state index contributed by atoms with van der Waals surface area (Å²) in [6.45, 7) is 5.74. The molecule has 0 heterocycles. The third-order valence-corrected chi connectivity index (χ3v) is 10.7. The molecule has 0 radical (unpaired) electrons. The van der Waals surface area contributed by atoms with Crippen molar-refractivity contribution in [3.8, 4) is 0 Å².